The predicted molar refractivity (Wildman–Crippen MR) is 34.3 cm³/mol. The molecular formula is C3H4N3S2. The van der Waals surface area contributed by atoms with Crippen molar-refractivity contribution in [3.05, 3.63) is 11.3 Å². The summed E-state index contributed by atoms with van der Waals surface area (Å²) in [6.07, 6.45) is 0. The number of hydrogen-bond acceptors (Lipinski definition) is 5. The molecule has 0 aliphatic rings. The van der Waals surface area contributed by atoms with Crippen LogP contribution in [-0.4, -0.2) is 9.59 Å². The van der Waals surface area contributed by atoms with Gasteiger partial charge in [0.05, 0.1) is 5.88 Å². The van der Waals surface area contributed by atoms with E-state index in [4.69, 9.17) is 5.73 Å². The van der Waals surface area contributed by atoms with E-state index < -0.39 is 0 Å². The average Bonchev–Trinajstić information content (AvgIpc) is 2.19. The van der Waals surface area contributed by atoms with Crippen LogP contribution < -0.4 is 5.73 Å². The molecule has 0 aliphatic heterocycles. The van der Waals surface area contributed by atoms with E-state index in [-0.39, 0.29) is 0 Å². The molecule has 3 nitrogen and oxygen atoms in total. The standard InChI is InChI=1S/C3H4N3S2/c4-2-7-3-1-8-6-5-3/h1-2H,4H2. The van der Waals surface area contributed by atoms with E-state index in [0.717, 1.165) is 5.03 Å². The molecule has 0 fully saturated rings. The maximum atomic E-state index is 5.09. The zero-order valence-corrected chi connectivity index (χ0v) is 5.58. The topological polar surface area (TPSA) is 51.8 Å². The molecule has 0 aromatic carbocycles. The molecule has 8 heavy (non-hydrogen) atoms. The first-order valence-corrected chi connectivity index (χ1v) is 3.62. The van der Waals surface area contributed by atoms with Gasteiger partial charge < -0.3 is 5.73 Å². The number of nitrogens with zero attached hydrogens (tertiary/aromatic N) is 2. The van der Waals surface area contributed by atoms with Crippen LogP contribution in [0.1, 0.15) is 0 Å². The van der Waals surface area contributed by atoms with Gasteiger partial charge in [-0.15, -0.1) is 5.10 Å². The molecule has 0 bridgehead atoms. The molecule has 0 amide bonds. The van der Waals surface area contributed by atoms with Crippen molar-refractivity contribution in [1.29, 1.82) is 0 Å². The van der Waals surface area contributed by atoms with Gasteiger partial charge in [-0.05, 0) is 11.5 Å². The second-order valence-electron chi connectivity index (χ2n) is 0.997. The fourth-order valence-corrected chi connectivity index (χ4v) is 1.23. The van der Waals surface area contributed by atoms with Crippen LogP contribution in [-0.2, 0) is 0 Å². The SMILES string of the molecule is N[CH]Sc1csnn1. The summed E-state index contributed by atoms with van der Waals surface area (Å²) in [5, 5.41) is 6.43. The Morgan fingerprint density at radius 3 is 3.25 bits per heavy atom. The lowest BCUT2D eigenvalue weighted by Crippen LogP contribution is -1.82. The third-order valence-corrected chi connectivity index (χ3v) is 1.76. The first-order valence-electron chi connectivity index (χ1n) is 1.90. The quantitative estimate of drug-likeness (QED) is 0.624. The van der Waals surface area contributed by atoms with Crippen LogP contribution in [0, 0.1) is 5.88 Å². The van der Waals surface area contributed by atoms with Crippen LogP contribution in [0.2, 0.25) is 0 Å². The third kappa shape index (κ3) is 1.43. The molecule has 0 aliphatic carbocycles. The van der Waals surface area contributed by atoms with Gasteiger partial charge in [0.2, 0.25) is 0 Å². The van der Waals surface area contributed by atoms with Crippen LogP contribution in [0.15, 0.2) is 10.4 Å². The maximum absolute atomic E-state index is 5.09. The first kappa shape index (κ1) is 6.00. The minimum absolute atomic E-state index is 0.859. The number of nitrogens with two attached hydrogens (primary N) is 1. The highest BCUT2D eigenvalue weighted by Crippen LogP contribution is 2.14. The Labute approximate surface area is 55.4 Å². The van der Waals surface area contributed by atoms with E-state index in [1.807, 2.05) is 5.38 Å². The molecule has 1 radical (unpaired) electrons. The van der Waals surface area contributed by atoms with Gasteiger partial charge in [-0.2, -0.15) is 0 Å². The van der Waals surface area contributed by atoms with Crippen molar-refractivity contribution >= 4 is 23.3 Å². The summed E-state index contributed by atoms with van der Waals surface area (Å²) < 4.78 is 3.64. The van der Waals surface area contributed by atoms with E-state index in [1.54, 1.807) is 0 Å². The Morgan fingerprint density at radius 2 is 2.75 bits per heavy atom. The summed E-state index contributed by atoms with van der Waals surface area (Å²) >= 11 is 2.69. The van der Waals surface area contributed by atoms with Crippen LogP contribution >= 0.6 is 23.3 Å². The molecule has 5 heteroatoms. The van der Waals surface area contributed by atoms with E-state index >= 15 is 0 Å². The van der Waals surface area contributed by atoms with E-state index in [2.05, 4.69) is 9.59 Å². The molecule has 0 saturated heterocycles. The van der Waals surface area contributed by atoms with Gasteiger partial charge in [-0.1, -0.05) is 16.3 Å². The molecule has 0 unspecified atom stereocenters. The third-order valence-electron chi connectivity index (χ3n) is 0.529. The van der Waals surface area contributed by atoms with Crippen LogP contribution in [0.4, 0.5) is 0 Å². The first-order chi connectivity index (χ1) is 3.93. The lowest BCUT2D eigenvalue weighted by Gasteiger charge is -1.82. The van der Waals surface area contributed by atoms with Crippen molar-refractivity contribution in [1.82, 2.24) is 9.59 Å². The lowest BCUT2D eigenvalue weighted by molar-refractivity contribution is 1.04. The molecule has 1 aromatic rings. The van der Waals surface area contributed by atoms with Gasteiger partial charge in [-0.3, -0.25) is 0 Å². The summed E-state index contributed by atoms with van der Waals surface area (Å²) in [6.45, 7) is 0. The molecule has 1 heterocycles. The Morgan fingerprint density at radius 1 is 1.88 bits per heavy atom. The van der Waals surface area contributed by atoms with Crippen molar-refractivity contribution in [2.24, 2.45) is 5.73 Å². The highest BCUT2D eigenvalue weighted by atomic mass is 32.2. The molecule has 0 atom stereocenters. The number of aromatic nitrogens is 2. The van der Waals surface area contributed by atoms with Crippen LogP contribution in [0.5, 0.6) is 0 Å². The van der Waals surface area contributed by atoms with Crippen molar-refractivity contribution in [2.75, 3.05) is 0 Å². The highest BCUT2D eigenvalue weighted by molar-refractivity contribution is 8.01. The van der Waals surface area contributed by atoms with Crippen molar-refractivity contribution in [2.45, 2.75) is 5.03 Å². The molecular weight excluding hydrogens is 142 g/mol. The van der Waals surface area contributed by atoms with Crippen molar-refractivity contribution < 1.29 is 0 Å². The van der Waals surface area contributed by atoms with Crippen molar-refractivity contribution in [3.8, 4) is 0 Å². The predicted octanol–water partition coefficient (Wildman–Crippen LogP) is 0.708. The zero-order chi connectivity index (χ0) is 5.82. The fourth-order valence-electron chi connectivity index (χ4n) is 0.277. The minimum atomic E-state index is 0.859. The monoisotopic (exact) mass is 146 g/mol. The van der Waals surface area contributed by atoms with E-state index in [0.29, 0.717) is 0 Å². The van der Waals surface area contributed by atoms with E-state index in [9.17, 15) is 0 Å². The summed E-state index contributed by atoms with van der Waals surface area (Å²) in [5.41, 5.74) is 5.09. The fraction of sp³-hybridized carbons (Fsp3) is 0. The number of thioether (sulfide) groups is 1. The zero-order valence-electron chi connectivity index (χ0n) is 3.94. The summed E-state index contributed by atoms with van der Waals surface area (Å²) in [5.74, 6) is 1.48. The van der Waals surface area contributed by atoms with Crippen molar-refractivity contribution in [3.63, 3.8) is 0 Å². The Hall–Kier alpha value is -0.130. The van der Waals surface area contributed by atoms with Gasteiger partial charge >= 0.3 is 0 Å². The molecule has 2 N–H and O–H groups in total. The molecule has 1 rings (SSSR count). The summed E-state index contributed by atoms with van der Waals surface area (Å²) in [7, 11) is 0. The van der Waals surface area contributed by atoms with Gasteiger partial charge in [0, 0.05) is 5.38 Å². The second-order valence-corrected chi connectivity index (χ2v) is 2.53. The Bertz CT molecular complexity index is 138. The molecule has 0 saturated carbocycles. The highest BCUT2D eigenvalue weighted by Gasteiger charge is 1.91. The second kappa shape index (κ2) is 3.01. The van der Waals surface area contributed by atoms with Gasteiger partial charge in [0.1, 0.15) is 5.03 Å². The number of rotatable bonds is 2. The summed E-state index contributed by atoms with van der Waals surface area (Å²) in [4.78, 5) is 0. The Balaban J connectivity index is 2.50. The summed E-state index contributed by atoms with van der Waals surface area (Å²) in [6, 6.07) is 0. The molecule has 1 aromatic heterocycles. The maximum Gasteiger partial charge on any atom is 0.133 e. The molecule has 0 spiro atoms. The lowest BCUT2D eigenvalue weighted by atomic mass is 11.0. The molecule has 43 valence electrons. The smallest absolute Gasteiger partial charge is 0.133 e. The van der Waals surface area contributed by atoms with Crippen LogP contribution in [0.25, 0.3) is 0 Å². The van der Waals surface area contributed by atoms with Gasteiger partial charge in [0.25, 0.3) is 0 Å². The van der Waals surface area contributed by atoms with E-state index in [1.165, 1.54) is 29.2 Å². The number of hydrogen-bond donors (Lipinski definition) is 1. The van der Waals surface area contributed by atoms with Crippen LogP contribution in [0.3, 0.4) is 0 Å². The van der Waals surface area contributed by atoms with Gasteiger partial charge in [-0.25, -0.2) is 0 Å². The average molecular weight is 146 g/mol. The minimum Gasteiger partial charge on any atom is -0.317 e. The largest absolute Gasteiger partial charge is 0.317 e. The normalized spacial score (nSPS) is 9.62. The Kier molecular flexibility index (Phi) is 2.26. The van der Waals surface area contributed by atoms with Gasteiger partial charge in [0.15, 0.2) is 0 Å².